The second-order valence-electron chi connectivity index (χ2n) is 4.41. The topological polar surface area (TPSA) is 48.1 Å². The number of rotatable bonds is 2. The standard InChI is InChI=1S/C16H14N2O/c1-11-14(17)7-4-8-15(11)19-16-13-6-3-2-5-12(13)9-10-18-16/h2-10H,17H2,1H3. The molecule has 0 saturated carbocycles. The van der Waals surface area contributed by atoms with Gasteiger partial charge in [0.05, 0.1) is 0 Å². The summed E-state index contributed by atoms with van der Waals surface area (Å²) in [6, 6.07) is 15.6. The maximum Gasteiger partial charge on any atom is 0.227 e. The summed E-state index contributed by atoms with van der Waals surface area (Å²) >= 11 is 0. The average molecular weight is 250 g/mol. The third-order valence-electron chi connectivity index (χ3n) is 3.17. The SMILES string of the molecule is Cc1c(N)cccc1Oc1nccc2ccccc12. The first-order valence-corrected chi connectivity index (χ1v) is 6.12. The van der Waals surface area contributed by atoms with Crippen LogP contribution in [0.3, 0.4) is 0 Å². The molecule has 3 aromatic rings. The normalized spacial score (nSPS) is 10.6. The summed E-state index contributed by atoms with van der Waals surface area (Å²) in [5.41, 5.74) is 7.53. The van der Waals surface area contributed by atoms with Gasteiger partial charge >= 0.3 is 0 Å². The van der Waals surface area contributed by atoms with Gasteiger partial charge in [-0.25, -0.2) is 4.98 Å². The number of nitrogens with zero attached hydrogens (tertiary/aromatic N) is 1. The van der Waals surface area contributed by atoms with E-state index in [1.165, 1.54) is 0 Å². The Labute approximate surface area is 111 Å². The number of hydrogen-bond donors (Lipinski definition) is 1. The van der Waals surface area contributed by atoms with E-state index in [1.54, 1.807) is 6.20 Å². The highest BCUT2D eigenvalue weighted by Gasteiger charge is 2.07. The van der Waals surface area contributed by atoms with Crippen LogP contribution < -0.4 is 10.5 Å². The van der Waals surface area contributed by atoms with Gasteiger partial charge in [0.2, 0.25) is 5.88 Å². The third-order valence-corrected chi connectivity index (χ3v) is 3.17. The molecule has 19 heavy (non-hydrogen) atoms. The summed E-state index contributed by atoms with van der Waals surface area (Å²) in [6.07, 6.45) is 1.75. The Bertz CT molecular complexity index is 732. The summed E-state index contributed by atoms with van der Waals surface area (Å²) < 4.78 is 5.91. The molecule has 0 aliphatic rings. The molecule has 0 atom stereocenters. The average Bonchev–Trinajstić information content (AvgIpc) is 2.44. The van der Waals surface area contributed by atoms with Crippen molar-refractivity contribution in [3.63, 3.8) is 0 Å². The van der Waals surface area contributed by atoms with E-state index in [4.69, 9.17) is 10.5 Å². The molecule has 3 nitrogen and oxygen atoms in total. The summed E-state index contributed by atoms with van der Waals surface area (Å²) in [5, 5.41) is 2.10. The van der Waals surface area contributed by atoms with E-state index in [9.17, 15) is 0 Å². The van der Waals surface area contributed by atoms with Crippen molar-refractivity contribution in [1.29, 1.82) is 0 Å². The van der Waals surface area contributed by atoms with Gasteiger partial charge in [-0.1, -0.05) is 24.3 Å². The lowest BCUT2D eigenvalue weighted by Crippen LogP contribution is -1.95. The van der Waals surface area contributed by atoms with Gasteiger partial charge in [-0.3, -0.25) is 0 Å². The van der Waals surface area contributed by atoms with Crippen LogP contribution in [0.5, 0.6) is 11.6 Å². The Morgan fingerprint density at radius 3 is 2.74 bits per heavy atom. The van der Waals surface area contributed by atoms with Crippen molar-refractivity contribution in [3.05, 3.63) is 60.3 Å². The minimum absolute atomic E-state index is 0.604. The molecule has 0 spiro atoms. The van der Waals surface area contributed by atoms with Gasteiger partial charge < -0.3 is 10.5 Å². The third kappa shape index (κ3) is 2.10. The van der Waals surface area contributed by atoms with Crippen LogP contribution in [0.4, 0.5) is 5.69 Å². The fourth-order valence-corrected chi connectivity index (χ4v) is 2.02. The summed E-state index contributed by atoms with van der Waals surface area (Å²) in [7, 11) is 0. The lowest BCUT2D eigenvalue weighted by Gasteiger charge is -2.11. The molecule has 94 valence electrons. The monoisotopic (exact) mass is 250 g/mol. The van der Waals surface area contributed by atoms with E-state index in [0.29, 0.717) is 5.88 Å². The molecule has 3 rings (SSSR count). The first-order valence-electron chi connectivity index (χ1n) is 6.12. The molecule has 2 aromatic carbocycles. The van der Waals surface area contributed by atoms with E-state index in [-0.39, 0.29) is 0 Å². The van der Waals surface area contributed by atoms with E-state index < -0.39 is 0 Å². The van der Waals surface area contributed by atoms with Crippen LogP contribution in [-0.2, 0) is 0 Å². The van der Waals surface area contributed by atoms with Crippen LogP contribution in [0.25, 0.3) is 10.8 Å². The second-order valence-corrected chi connectivity index (χ2v) is 4.41. The number of aromatic nitrogens is 1. The predicted molar refractivity (Wildman–Crippen MR) is 77.4 cm³/mol. The molecule has 1 aromatic heterocycles. The minimum atomic E-state index is 0.604. The lowest BCUT2D eigenvalue weighted by atomic mass is 10.1. The summed E-state index contributed by atoms with van der Waals surface area (Å²) in [4.78, 5) is 4.31. The van der Waals surface area contributed by atoms with Gasteiger partial charge in [0.1, 0.15) is 5.75 Å². The van der Waals surface area contributed by atoms with Crippen molar-refractivity contribution < 1.29 is 4.74 Å². The van der Waals surface area contributed by atoms with Crippen LogP contribution in [0.2, 0.25) is 0 Å². The highest BCUT2D eigenvalue weighted by molar-refractivity contribution is 5.86. The number of benzene rings is 2. The number of ether oxygens (including phenoxy) is 1. The Morgan fingerprint density at radius 2 is 1.84 bits per heavy atom. The highest BCUT2D eigenvalue weighted by Crippen LogP contribution is 2.31. The molecular weight excluding hydrogens is 236 g/mol. The van der Waals surface area contributed by atoms with Gasteiger partial charge in [-0.05, 0) is 36.6 Å². The molecule has 2 N–H and O–H groups in total. The van der Waals surface area contributed by atoms with Crippen LogP contribution >= 0.6 is 0 Å². The van der Waals surface area contributed by atoms with Gasteiger partial charge in [-0.15, -0.1) is 0 Å². The molecule has 1 heterocycles. The van der Waals surface area contributed by atoms with Crippen molar-refractivity contribution in [1.82, 2.24) is 4.98 Å². The van der Waals surface area contributed by atoms with Crippen LogP contribution in [-0.4, -0.2) is 4.98 Å². The number of hydrogen-bond acceptors (Lipinski definition) is 3. The smallest absolute Gasteiger partial charge is 0.227 e. The van der Waals surface area contributed by atoms with E-state index in [1.807, 2.05) is 55.5 Å². The Kier molecular flexibility index (Phi) is 2.80. The van der Waals surface area contributed by atoms with Crippen molar-refractivity contribution in [3.8, 4) is 11.6 Å². The molecule has 0 fully saturated rings. The highest BCUT2D eigenvalue weighted by atomic mass is 16.5. The molecule has 0 unspecified atom stereocenters. The second kappa shape index (κ2) is 4.61. The zero-order valence-electron chi connectivity index (χ0n) is 10.6. The fraction of sp³-hybridized carbons (Fsp3) is 0.0625. The summed E-state index contributed by atoms with van der Waals surface area (Å²) in [5.74, 6) is 1.34. The van der Waals surface area contributed by atoms with Gasteiger partial charge in [0.15, 0.2) is 0 Å². The Hall–Kier alpha value is -2.55. The number of nitrogen functional groups attached to an aromatic ring is 1. The van der Waals surface area contributed by atoms with Crippen LogP contribution in [0.15, 0.2) is 54.7 Å². The van der Waals surface area contributed by atoms with E-state index in [0.717, 1.165) is 27.8 Å². The lowest BCUT2D eigenvalue weighted by molar-refractivity contribution is 0.466. The maximum atomic E-state index is 5.91. The number of nitrogens with two attached hydrogens (primary N) is 1. The van der Waals surface area contributed by atoms with Crippen molar-refractivity contribution in [2.75, 3.05) is 5.73 Å². The van der Waals surface area contributed by atoms with Crippen molar-refractivity contribution in [2.24, 2.45) is 0 Å². The number of anilines is 1. The molecule has 0 amide bonds. The number of pyridine rings is 1. The molecule has 0 aliphatic heterocycles. The molecule has 0 aliphatic carbocycles. The first kappa shape index (κ1) is 11.5. The Balaban J connectivity index is 2.09. The molecule has 3 heteroatoms. The molecular formula is C16H14N2O. The zero-order valence-corrected chi connectivity index (χ0v) is 10.6. The van der Waals surface area contributed by atoms with Gasteiger partial charge in [0.25, 0.3) is 0 Å². The zero-order chi connectivity index (χ0) is 13.2. The first-order chi connectivity index (χ1) is 9.25. The Morgan fingerprint density at radius 1 is 1.00 bits per heavy atom. The van der Waals surface area contributed by atoms with Gasteiger partial charge in [0, 0.05) is 22.8 Å². The predicted octanol–water partition coefficient (Wildman–Crippen LogP) is 3.92. The summed E-state index contributed by atoms with van der Waals surface area (Å²) in [6.45, 7) is 1.94. The number of fused-ring (bicyclic) bond motifs is 1. The molecule has 0 saturated heterocycles. The van der Waals surface area contributed by atoms with Crippen LogP contribution in [0.1, 0.15) is 5.56 Å². The van der Waals surface area contributed by atoms with E-state index in [2.05, 4.69) is 4.98 Å². The van der Waals surface area contributed by atoms with Crippen LogP contribution in [0, 0.1) is 6.92 Å². The van der Waals surface area contributed by atoms with Crippen molar-refractivity contribution >= 4 is 16.5 Å². The minimum Gasteiger partial charge on any atom is -0.438 e. The van der Waals surface area contributed by atoms with Crippen molar-refractivity contribution in [2.45, 2.75) is 6.92 Å². The van der Waals surface area contributed by atoms with Gasteiger partial charge in [-0.2, -0.15) is 0 Å². The fourth-order valence-electron chi connectivity index (χ4n) is 2.02. The quantitative estimate of drug-likeness (QED) is 0.701. The van der Waals surface area contributed by atoms with E-state index >= 15 is 0 Å². The molecule has 0 bridgehead atoms. The largest absolute Gasteiger partial charge is 0.438 e. The molecule has 0 radical (unpaired) electrons. The maximum absolute atomic E-state index is 5.91.